The Kier molecular flexibility index (Phi) is 7.02. The Bertz CT molecular complexity index is 1410. The van der Waals surface area contributed by atoms with Crippen molar-refractivity contribution < 1.29 is 9.21 Å². The minimum absolute atomic E-state index is 0.0601. The molecule has 6 heteroatoms. The fraction of sp³-hybridized carbons (Fsp3) is 0.103. The van der Waals surface area contributed by atoms with Crippen molar-refractivity contribution in [1.29, 1.82) is 0 Å². The van der Waals surface area contributed by atoms with E-state index in [0.717, 1.165) is 27.9 Å². The average molecular weight is 543 g/mol. The number of carbonyl (C=O) groups excluding carboxylic acids is 1. The van der Waals surface area contributed by atoms with E-state index in [1.54, 1.807) is 4.90 Å². The van der Waals surface area contributed by atoms with Crippen LogP contribution >= 0.6 is 27.7 Å². The Labute approximate surface area is 217 Å². The number of rotatable bonds is 6. The molecule has 0 spiro atoms. The van der Waals surface area contributed by atoms with E-state index in [-0.39, 0.29) is 5.91 Å². The number of furan rings is 1. The molecule has 1 saturated heterocycles. The molecule has 0 saturated carbocycles. The molecule has 35 heavy (non-hydrogen) atoms. The minimum atomic E-state index is -0.0601. The molecule has 174 valence electrons. The topological polar surface area (TPSA) is 45.8 Å². The van der Waals surface area contributed by atoms with Crippen LogP contribution in [0.25, 0.3) is 17.4 Å². The number of nitrogens with zero attached hydrogens (tertiary/aromatic N) is 2. The van der Waals surface area contributed by atoms with Gasteiger partial charge in [0.2, 0.25) is 0 Å². The molecule has 1 amide bonds. The maximum absolute atomic E-state index is 13.4. The minimum Gasteiger partial charge on any atom is -0.457 e. The molecule has 1 aromatic heterocycles. The molecule has 0 bridgehead atoms. The third-order valence-electron chi connectivity index (χ3n) is 5.63. The van der Waals surface area contributed by atoms with Crippen LogP contribution in [0.4, 0.5) is 5.69 Å². The lowest BCUT2D eigenvalue weighted by Crippen LogP contribution is -2.31. The number of amides is 1. The highest BCUT2D eigenvalue weighted by Crippen LogP contribution is 2.36. The number of amidine groups is 1. The van der Waals surface area contributed by atoms with E-state index < -0.39 is 0 Å². The first-order valence-electron chi connectivity index (χ1n) is 11.3. The Hall–Kier alpha value is -3.35. The molecule has 4 aromatic rings. The molecule has 0 aliphatic carbocycles. The van der Waals surface area contributed by atoms with E-state index in [1.807, 2.05) is 85.8 Å². The van der Waals surface area contributed by atoms with Crippen molar-refractivity contribution in [3.05, 3.63) is 117 Å². The van der Waals surface area contributed by atoms with E-state index in [0.29, 0.717) is 22.4 Å². The zero-order valence-electron chi connectivity index (χ0n) is 19.1. The normalized spacial score (nSPS) is 15.9. The molecule has 3 aromatic carbocycles. The summed E-state index contributed by atoms with van der Waals surface area (Å²) >= 11 is 5.00. The van der Waals surface area contributed by atoms with Gasteiger partial charge < -0.3 is 4.42 Å². The summed E-state index contributed by atoms with van der Waals surface area (Å²) in [6, 6.07) is 29.9. The molecule has 2 heterocycles. The van der Waals surface area contributed by atoms with Gasteiger partial charge in [-0.25, -0.2) is 4.99 Å². The summed E-state index contributed by atoms with van der Waals surface area (Å²) in [6.07, 6.45) is 2.56. The Morgan fingerprint density at radius 3 is 2.46 bits per heavy atom. The second kappa shape index (κ2) is 10.5. The quantitative estimate of drug-likeness (QED) is 0.233. The van der Waals surface area contributed by atoms with Crippen LogP contribution in [0.1, 0.15) is 16.9 Å². The number of benzene rings is 3. The van der Waals surface area contributed by atoms with E-state index in [9.17, 15) is 4.79 Å². The van der Waals surface area contributed by atoms with Crippen molar-refractivity contribution in [2.45, 2.75) is 13.3 Å². The largest absolute Gasteiger partial charge is 0.457 e. The van der Waals surface area contributed by atoms with Crippen molar-refractivity contribution in [2.75, 3.05) is 6.54 Å². The maximum atomic E-state index is 13.4. The number of hydrogen-bond acceptors (Lipinski definition) is 4. The number of aliphatic imine (C=N–C) groups is 1. The van der Waals surface area contributed by atoms with Gasteiger partial charge in [-0.1, -0.05) is 70.5 Å². The predicted octanol–water partition coefficient (Wildman–Crippen LogP) is 7.86. The number of aryl methyl sites for hydroxylation is 1. The number of para-hydroxylation sites is 1. The smallest absolute Gasteiger partial charge is 0.266 e. The van der Waals surface area contributed by atoms with Crippen LogP contribution in [-0.4, -0.2) is 22.5 Å². The molecule has 1 fully saturated rings. The Morgan fingerprint density at radius 1 is 0.971 bits per heavy atom. The molecule has 1 aliphatic heterocycles. The summed E-state index contributed by atoms with van der Waals surface area (Å²) in [4.78, 5) is 20.5. The molecular formula is C29H23BrN2O2S. The highest BCUT2D eigenvalue weighted by atomic mass is 79.9. The third-order valence-corrected chi connectivity index (χ3v) is 7.29. The number of carbonyl (C=O) groups is 1. The van der Waals surface area contributed by atoms with Gasteiger partial charge in [0, 0.05) is 22.7 Å². The van der Waals surface area contributed by atoms with Crippen molar-refractivity contribution in [3.8, 4) is 11.3 Å². The second-order valence-corrected chi connectivity index (χ2v) is 10.1. The molecule has 4 nitrogen and oxygen atoms in total. The summed E-state index contributed by atoms with van der Waals surface area (Å²) in [5.41, 5.74) is 4.14. The highest BCUT2D eigenvalue weighted by Gasteiger charge is 2.33. The summed E-state index contributed by atoms with van der Waals surface area (Å²) in [5.74, 6) is 1.32. The van der Waals surface area contributed by atoms with E-state index in [2.05, 4.69) is 34.1 Å². The highest BCUT2D eigenvalue weighted by molar-refractivity contribution is 9.10. The van der Waals surface area contributed by atoms with Crippen LogP contribution in [0.15, 0.2) is 110 Å². The summed E-state index contributed by atoms with van der Waals surface area (Å²) < 4.78 is 7.06. The molecule has 0 N–H and O–H groups in total. The van der Waals surface area contributed by atoms with Gasteiger partial charge in [0.15, 0.2) is 5.17 Å². The zero-order valence-corrected chi connectivity index (χ0v) is 21.6. The number of halogens is 1. The average Bonchev–Trinajstić information content (AvgIpc) is 3.44. The number of thioether (sulfide) groups is 1. The molecule has 1 aliphatic rings. The summed E-state index contributed by atoms with van der Waals surface area (Å²) in [5, 5.41) is 0.677. The number of hydrogen-bond donors (Lipinski definition) is 0. The lowest BCUT2D eigenvalue weighted by molar-refractivity contribution is -0.122. The van der Waals surface area contributed by atoms with Gasteiger partial charge in [-0.05, 0) is 72.6 Å². The third kappa shape index (κ3) is 5.50. The molecule has 0 unspecified atom stereocenters. The summed E-state index contributed by atoms with van der Waals surface area (Å²) in [7, 11) is 0. The SMILES string of the molecule is Cc1ccc(-c2ccc(/C=C3/SC(=Nc4ccccc4)N(CCc4ccccc4)C3=O)o2)c(Br)c1. The first-order chi connectivity index (χ1) is 17.1. The van der Waals surface area contributed by atoms with Crippen LogP contribution in [0.2, 0.25) is 0 Å². The molecule has 5 rings (SSSR count). The molecule has 0 radical (unpaired) electrons. The van der Waals surface area contributed by atoms with Gasteiger partial charge >= 0.3 is 0 Å². The monoisotopic (exact) mass is 542 g/mol. The molecule has 0 atom stereocenters. The summed E-state index contributed by atoms with van der Waals surface area (Å²) in [6.45, 7) is 2.60. The van der Waals surface area contributed by atoms with Gasteiger partial charge in [-0.15, -0.1) is 0 Å². The van der Waals surface area contributed by atoms with Crippen LogP contribution < -0.4 is 0 Å². The van der Waals surface area contributed by atoms with Gasteiger partial charge in [-0.3, -0.25) is 9.69 Å². The fourth-order valence-electron chi connectivity index (χ4n) is 3.81. The van der Waals surface area contributed by atoms with Crippen LogP contribution in [0, 0.1) is 6.92 Å². The van der Waals surface area contributed by atoms with Crippen molar-refractivity contribution in [3.63, 3.8) is 0 Å². The van der Waals surface area contributed by atoms with E-state index in [1.165, 1.54) is 22.9 Å². The maximum Gasteiger partial charge on any atom is 0.266 e. The van der Waals surface area contributed by atoms with Crippen molar-refractivity contribution >= 4 is 50.5 Å². The van der Waals surface area contributed by atoms with Crippen molar-refractivity contribution in [1.82, 2.24) is 4.90 Å². The van der Waals surface area contributed by atoms with Gasteiger partial charge in [-0.2, -0.15) is 0 Å². The van der Waals surface area contributed by atoms with Gasteiger partial charge in [0.05, 0.1) is 10.6 Å². The second-order valence-electron chi connectivity index (χ2n) is 8.22. The van der Waals surface area contributed by atoms with Crippen LogP contribution in [-0.2, 0) is 11.2 Å². The Balaban J connectivity index is 1.42. The van der Waals surface area contributed by atoms with Gasteiger partial charge in [0.25, 0.3) is 5.91 Å². The van der Waals surface area contributed by atoms with Crippen LogP contribution in [0.3, 0.4) is 0 Å². The first-order valence-corrected chi connectivity index (χ1v) is 12.9. The lowest BCUT2D eigenvalue weighted by Gasteiger charge is -2.15. The standard InChI is InChI=1S/C29H23BrN2O2S/c1-20-12-14-24(25(30)18-20)26-15-13-23(34-26)19-27-28(33)32(17-16-21-8-4-2-5-9-21)29(35-27)31-22-10-6-3-7-11-22/h2-15,18-19H,16-17H2,1H3/b27-19+,31-29?. The lowest BCUT2D eigenvalue weighted by atomic mass is 10.1. The van der Waals surface area contributed by atoms with E-state index >= 15 is 0 Å². The van der Waals surface area contributed by atoms with Gasteiger partial charge in [0.1, 0.15) is 11.5 Å². The zero-order chi connectivity index (χ0) is 24.2. The van der Waals surface area contributed by atoms with E-state index in [4.69, 9.17) is 9.41 Å². The Morgan fingerprint density at radius 2 is 1.71 bits per heavy atom. The first kappa shape index (κ1) is 23.4. The fourth-order valence-corrected chi connectivity index (χ4v) is 5.50. The predicted molar refractivity (Wildman–Crippen MR) is 148 cm³/mol. The van der Waals surface area contributed by atoms with Crippen molar-refractivity contribution in [2.24, 2.45) is 4.99 Å². The van der Waals surface area contributed by atoms with Crippen LogP contribution in [0.5, 0.6) is 0 Å². The molecular weight excluding hydrogens is 520 g/mol.